The van der Waals surface area contributed by atoms with Gasteiger partial charge in [0, 0.05) is 50.9 Å². The minimum Gasteiger partial charge on any atom is -0.366 e. The third-order valence-corrected chi connectivity index (χ3v) is 4.74. The minimum atomic E-state index is -0.486. The standard InChI is InChI=1S/C18H21N5O3/c24-17(23-7-3-18(4-8-23)25-9-10-26-18)15-11-16(22-13-21-15)20-12-14-1-5-19-6-2-14/h1-2,5-6,11,13H,3-4,7-10,12H2,(H,20,21,22). The van der Waals surface area contributed by atoms with Gasteiger partial charge in [-0.3, -0.25) is 9.78 Å². The predicted octanol–water partition coefficient (Wildman–Crippen LogP) is 1.46. The Labute approximate surface area is 151 Å². The molecule has 0 saturated carbocycles. The lowest BCUT2D eigenvalue weighted by Gasteiger charge is -2.37. The number of aromatic nitrogens is 3. The van der Waals surface area contributed by atoms with Crippen LogP contribution in [0.1, 0.15) is 28.9 Å². The molecular weight excluding hydrogens is 334 g/mol. The maximum absolute atomic E-state index is 12.7. The lowest BCUT2D eigenvalue weighted by atomic mass is 10.0. The van der Waals surface area contributed by atoms with Crippen LogP contribution in [-0.2, 0) is 16.0 Å². The maximum atomic E-state index is 12.7. The molecule has 2 aliphatic heterocycles. The molecule has 2 aromatic heterocycles. The van der Waals surface area contributed by atoms with Crippen molar-refractivity contribution >= 4 is 11.7 Å². The zero-order valence-electron chi connectivity index (χ0n) is 14.4. The van der Waals surface area contributed by atoms with E-state index in [1.165, 1.54) is 6.33 Å². The summed E-state index contributed by atoms with van der Waals surface area (Å²) in [5, 5.41) is 3.21. The van der Waals surface area contributed by atoms with Crippen LogP contribution >= 0.6 is 0 Å². The number of likely N-dealkylation sites (tertiary alicyclic amines) is 1. The van der Waals surface area contributed by atoms with Crippen LogP contribution in [0.15, 0.2) is 36.9 Å². The molecule has 4 heterocycles. The first-order chi connectivity index (χ1) is 12.7. The zero-order valence-corrected chi connectivity index (χ0v) is 14.4. The summed E-state index contributed by atoms with van der Waals surface area (Å²) < 4.78 is 11.4. The molecule has 0 aliphatic carbocycles. The third kappa shape index (κ3) is 3.66. The monoisotopic (exact) mass is 355 g/mol. The third-order valence-electron chi connectivity index (χ3n) is 4.74. The van der Waals surface area contributed by atoms with E-state index in [0.29, 0.717) is 57.2 Å². The van der Waals surface area contributed by atoms with Crippen molar-refractivity contribution in [3.8, 4) is 0 Å². The van der Waals surface area contributed by atoms with Gasteiger partial charge < -0.3 is 19.7 Å². The van der Waals surface area contributed by atoms with Crippen LogP contribution in [0.4, 0.5) is 5.82 Å². The van der Waals surface area contributed by atoms with E-state index < -0.39 is 5.79 Å². The van der Waals surface area contributed by atoms with Crippen LogP contribution < -0.4 is 5.32 Å². The van der Waals surface area contributed by atoms with Gasteiger partial charge in [-0.05, 0) is 17.7 Å². The Kier molecular flexibility index (Phi) is 4.77. The largest absolute Gasteiger partial charge is 0.366 e. The summed E-state index contributed by atoms with van der Waals surface area (Å²) in [7, 11) is 0. The van der Waals surface area contributed by atoms with Crippen molar-refractivity contribution in [1.82, 2.24) is 19.9 Å². The van der Waals surface area contributed by atoms with Gasteiger partial charge in [-0.15, -0.1) is 0 Å². The Hall–Kier alpha value is -2.58. The van der Waals surface area contributed by atoms with Crippen molar-refractivity contribution in [2.24, 2.45) is 0 Å². The topological polar surface area (TPSA) is 89.5 Å². The number of pyridine rings is 1. The van der Waals surface area contributed by atoms with Gasteiger partial charge in [0.15, 0.2) is 5.79 Å². The first-order valence-corrected chi connectivity index (χ1v) is 8.76. The average Bonchev–Trinajstić information content (AvgIpc) is 3.15. The van der Waals surface area contributed by atoms with Crippen molar-refractivity contribution in [1.29, 1.82) is 0 Å². The molecule has 2 aromatic rings. The number of amides is 1. The quantitative estimate of drug-likeness (QED) is 0.888. The summed E-state index contributed by atoms with van der Waals surface area (Å²) in [4.78, 5) is 26.9. The lowest BCUT2D eigenvalue weighted by Crippen LogP contribution is -2.47. The number of nitrogens with zero attached hydrogens (tertiary/aromatic N) is 4. The summed E-state index contributed by atoms with van der Waals surface area (Å²) in [6.45, 7) is 3.07. The molecule has 136 valence electrons. The van der Waals surface area contributed by atoms with E-state index in [0.717, 1.165) is 5.56 Å². The molecule has 1 amide bonds. The summed E-state index contributed by atoms with van der Waals surface area (Å²) in [5.74, 6) is 0.0444. The van der Waals surface area contributed by atoms with Gasteiger partial charge >= 0.3 is 0 Å². The fourth-order valence-corrected chi connectivity index (χ4v) is 3.26. The minimum absolute atomic E-state index is 0.0905. The highest BCUT2D eigenvalue weighted by Crippen LogP contribution is 2.31. The van der Waals surface area contributed by atoms with Gasteiger partial charge in [-0.2, -0.15) is 0 Å². The Morgan fingerprint density at radius 2 is 1.88 bits per heavy atom. The molecule has 8 nitrogen and oxygen atoms in total. The van der Waals surface area contributed by atoms with Crippen molar-refractivity contribution < 1.29 is 14.3 Å². The molecule has 0 bridgehead atoms. The van der Waals surface area contributed by atoms with Crippen LogP contribution in [0.3, 0.4) is 0 Å². The zero-order chi connectivity index (χ0) is 17.8. The van der Waals surface area contributed by atoms with Gasteiger partial charge in [0.2, 0.25) is 0 Å². The Balaban J connectivity index is 1.37. The number of anilines is 1. The molecule has 2 fully saturated rings. The molecule has 26 heavy (non-hydrogen) atoms. The van der Waals surface area contributed by atoms with Crippen LogP contribution in [0, 0.1) is 0 Å². The number of nitrogens with one attached hydrogen (secondary N) is 1. The molecule has 4 rings (SSSR count). The molecule has 0 radical (unpaired) electrons. The molecule has 0 unspecified atom stereocenters. The van der Waals surface area contributed by atoms with Gasteiger partial charge in [-0.25, -0.2) is 9.97 Å². The predicted molar refractivity (Wildman–Crippen MR) is 93.4 cm³/mol. The van der Waals surface area contributed by atoms with Gasteiger partial charge in [0.1, 0.15) is 17.8 Å². The van der Waals surface area contributed by atoms with E-state index in [1.807, 2.05) is 12.1 Å². The van der Waals surface area contributed by atoms with Crippen LogP contribution in [-0.4, -0.2) is 57.8 Å². The van der Waals surface area contributed by atoms with Crippen molar-refractivity contribution in [3.63, 3.8) is 0 Å². The summed E-state index contributed by atoms with van der Waals surface area (Å²) >= 11 is 0. The number of hydrogen-bond donors (Lipinski definition) is 1. The summed E-state index contributed by atoms with van der Waals surface area (Å²) in [5.41, 5.74) is 1.48. The smallest absolute Gasteiger partial charge is 0.272 e. The van der Waals surface area contributed by atoms with Gasteiger partial charge in [0.25, 0.3) is 5.91 Å². The van der Waals surface area contributed by atoms with Crippen LogP contribution in [0.2, 0.25) is 0 Å². The first-order valence-electron chi connectivity index (χ1n) is 8.76. The van der Waals surface area contributed by atoms with Gasteiger partial charge in [0.05, 0.1) is 13.2 Å². The molecule has 1 spiro atoms. The number of carbonyl (C=O) groups is 1. The highest BCUT2D eigenvalue weighted by Gasteiger charge is 2.41. The highest BCUT2D eigenvalue weighted by molar-refractivity contribution is 5.93. The van der Waals surface area contributed by atoms with E-state index in [2.05, 4.69) is 20.3 Å². The van der Waals surface area contributed by atoms with Gasteiger partial charge in [-0.1, -0.05) is 0 Å². The average molecular weight is 355 g/mol. The normalized spacial score (nSPS) is 18.8. The molecule has 1 N–H and O–H groups in total. The number of rotatable bonds is 4. The first kappa shape index (κ1) is 16.9. The van der Waals surface area contributed by atoms with Crippen LogP contribution in [0.25, 0.3) is 0 Å². The Morgan fingerprint density at radius 1 is 1.15 bits per heavy atom. The Bertz CT molecular complexity index is 754. The van der Waals surface area contributed by atoms with Crippen molar-refractivity contribution in [2.75, 3.05) is 31.6 Å². The number of carbonyl (C=O) groups excluding carboxylic acids is 1. The van der Waals surface area contributed by atoms with Crippen LogP contribution in [0.5, 0.6) is 0 Å². The number of piperidine rings is 1. The highest BCUT2D eigenvalue weighted by atomic mass is 16.7. The molecule has 2 saturated heterocycles. The molecule has 2 aliphatic rings. The van der Waals surface area contributed by atoms with E-state index >= 15 is 0 Å². The van der Waals surface area contributed by atoms with E-state index in [-0.39, 0.29) is 5.91 Å². The summed E-state index contributed by atoms with van der Waals surface area (Å²) in [6, 6.07) is 5.55. The Morgan fingerprint density at radius 3 is 2.62 bits per heavy atom. The number of ether oxygens (including phenoxy) is 2. The maximum Gasteiger partial charge on any atom is 0.272 e. The second-order valence-electron chi connectivity index (χ2n) is 6.40. The fraction of sp³-hybridized carbons (Fsp3) is 0.444. The second-order valence-corrected chi connectivity index (χ2v) is 6.40. The molecule has 0 aromatic carbocycles. The second kappa shape index (κ2) is 7.35. The van der Waals surface area contributed by atoms with E-state index in [4.69, 9.17) is 9.47 Å². The fourth-order valence-electron chi connectivity index (χ4n) is 3.26. The van der Waals surface area contributed by atoms with E-state index in [1.54, 1.807) is 23.4 Å². The SMILES string of the molecule is O=C(c1cc(NCc2ccncc2)ncn1)N1CCC2(CC1)OCCO2. The summed E-state index contributed by atoms with van der Waals surface area (Å²) in [6.07, 6.45) is 6.28. The van der Waals surface area contributed by atoms with Crippen molar-refractivity contribution in [2.45, 2.75) is 25.2 Å². The molecule has 8 heteroatoms. The van der Waals surface area contributed by atoms with Crippen molar-refractivity contribution in [3.05, 3.63) is 48.2 Å². The van der Waals surface area contributed by atoms with E-state index in [9.17, 15) is 4.79 Å². The molecular formula is C18H21N5O3. The lowest BCUT2D eigenvalue weighted by molar-refractivity contribution is -0.181. The number of hydrogen-bond acceptors (Lipinski definition) is 7. The molecule has 0 atom stereocenters.